The summed E-state index contributed by atoms with van der Waals surface area (Å²) < 4.78 is 28.8. The standard InChI is InChI=1S/C24H24N2O5/c1-14-8-10-19(30-14)17-13-18-16-6-5-7-21(28-3)23(16)31-24(26(18)25-17)15-9-11-20(27-2)22(12-15)29-4/h5-12,18,24H,13H2,1-4H3/t18-,24-/m1/s1. The van der Waals surface area contributed by atoms with E-state index in [-0.39, 0.29) is 6.04 Å². The Kier molecular flexibility index (Phi) is 4.73. The Morgan fingerprint density at radius 2 is 1.74 bits per heavy atom. The Morgan fingerprint density at radius 3 is 2.45 bits per heavy atom. The van der Waals surface area contributed by atoms with E-state index in [4.69, 9.17) is 28.5 Å². The number of aryl methyl sites for hydroxylation is 1. The fraction of sp³-hybridized carbons (Fsp3) is 0.292. The van der Waals surface area contributed by atoms with Gasteiger partial charge in [-0.3, -0.25) is 0 Å². The lowest BCUT2D eigenvalue weighted by molar-refractivity contribution is -0.0210. The van der Waals surface area contributed by atoms with Gasteiger partial charge in [-0.05, 0) is 43.3 Å². The van der Waals surface area contributed by atoms with Gasteiger partial charge in [0, 0.05) is 17.5 Å². The Labute approximate surface area is 180 Å². The number of rotatable bonds is 5. The summed E-state index contributed by atoms with van der Waals surface area (Å²) in [6.45, 7) is 1.93. The topological polar surface area (TPSA) is 65.7 Å². The highest BCUT2D eigenvalue weighted by Gasteiger charge is 2.42. The third-order valence-electron chi connectivity index (χ3n) is 5.72. The molecule has 2 atom stereocenters. The Bertz CT molecular complexity index is 1150. The minimum Gasteiger partial charge on any atom is -0.493 e. The fourth-order valence-electron chi connectivity index (χ4n) is 4.21. The molecule has 0 saturated carbocycles. The molecule has 5 rings (SSSR count). The van der Waals surface area contributed by atoms with Crippen LogP contribution in [0, 0.1) is 6.92 Å². The summed E-state index contributed by atoms with van der Waals surface area (Å²) in [6.07, 6.45) is 0.252. The van der Waals surface area contributed by atoms with Crippen LogP contribution in [0.3, 0.4) is 0 Å². The van der Waals surface area contributed by atoms with Crippen LogP contribution in [0.1, 0.15) is 41.3 Å². The second-order valence-electron chi connectivity index (χ2n) is 7.52. The number of methoxy groups -OCH3 is 3. The molecule has 1 aromatic heterocycles. The van der Waals surface area contributed by atoms with Gasteiger partial charge < -0.3 is 23.4 Å². The fourth-order valence-corrected chi connectivity index (χ4v) is 4.21. The molecule has 2 aliphatic heterocycles. The largest absolute Gasteiger partial charge is 0.493 e. The summed E-state index contributed by atoms with van der Waals surface area (Å²) >= 11 is 0. The van der Waals surface area contributed by atoms with Crippen molar-refractivity contribution in [3.63, 3.8) is 0 Å². The lowest BCUT2D eigenvalue weighted by Crippen LogP contribution is -2.33. The van der Waals surface area contributed by atoms with E-state index in [2.05, 4.69) is 6.07 Å². The van der Waals surface area contributed by atoms with Crippen molar-refractivity contribution in [2.75, 3.05) is 21.3 Å². The van der Waals surface area contributed by atoms with Crippen LogP contribution in [-0.4, -0.2) is 32.0 Å². The molecule has 0 radical (unpaired) electrons. The third-order valence-corrected chi connectivity index (χ3v) is 5.72. The summed E-state index contributed by atoms with van der Waals surface area (Å²) in [7, 11) is 4.89. The molecule has 2 aliphatic rings. The van der Waals surface area contributed by atoms with Crippen LogP contribution in [0.25, 0.3) is 0 Å². The highest BCUT2D eigenvalue weighted by Crippen LogP contribution is 2.51. The van der Waals surface area contributed by atoms with Crippen molar-refractivity contribution in [3.05, 3.63) is 71.2 Å². The van der Waals surface area contributed by atoms with Gasteiger partial charge in [0.25, 0.3) is 0 Å². The van der Waals surface area contributed by atoms with Crippen molar-refractivity contribution in [1.29, 1.82) is 0 Å². The number of benzene rings is 2. The van der Waals surface area contributed by atoms with Crippen molar-refractivity contribution >= 4 is 5.71 Å². The van der Waals surface area contributed by atoms with Gasteiger partial charge in [0.1, 0.15) is 17.2 Å². The van der Waals surface area contributed by atoms with Crippen molar-refractivity contribution in [1.82, 2.24) is 5.01 Å². The minimum atomic E-state index is -0.456. The molecule has 3 heterocycles. The maximum Gasteiger partial charge on any atom is 0.214 e. The van der Waals surface area contributed by atoms with Crippen LogP contribution >= 0.6 is 0 Å². The molecule has 0 fully saturated rings. The monoisotopic (exact) mass is 420 g/mol. The Hall–Kier alpha value is -3.61. The molecule has 0 N–H and O–H groups in total. The number of para-hydroxylation sites is 1. The molecule has 7 heteroatoms. The van der Waals surface area contributed by atoms with Crippen LogP contribution < -0.4 is 18.9 Å². The van der Waals surface area contributed by atoms with Crippen LogP contribution in [0.4, 0.5) is 0 Å². The van der Waals surface area contributed by atoms with Crippen molar-refractivity contribution < 1.29 is 23.4 Å². The first-order valence-electron chi connectivity index (χ1n) is 10.1. The zero-order valence-electron chi connectivity index (χ0n) is 17.9. The minimum absolute atomic E-state index is 0.00245. The lowest BCUT2D eigenvalue weighted by Gasteiger charge is -2.38. The number of ether oxygens (including phenoxy) is 4. The van der Waals surface area contributed by atoms with Gasteiger partial charge in [0.05, 0.1) is 27.4 Å². The van der Waals surface area contributed by atoms with Crippen LogP contribution in [0.5, 0.6) is 23.0 Å². The molecule has 7 nitrogen and oxygen atoms in total. The predicted octanol–water partition coefficient (Wildman–Crippen LogP) is 4.86. The van der Waals surface area contributed by atoms with E-state index in [1.807, 2.05) is 54.4 Å². The summed E-state index contributed by atoms with van der Waals surface area (Å²) in [6, 6.07) is 15.6. The molecule has 0 saturated heterocycles. The molecule has 0 aliphatic carbocycles. The van der Waals surface area contributed by atoms with E-state index in [0.717, 1.165) is 34.1 Å². The average Bonchev–Trinajstić information content (AvgIpc) is 3.44. The first-order chi connectivity index (χ1) is 15.1. The van der Waals surface area contributed by atoms with Gasteiger partial charge in [0.15, 0.2) is 23.0 Å². The maximum absolute atomic E-state index is 6.48. The van der Waals surface area contributed by atoms with Crippen molar-refractivity contribution in [3.8, 4) is 23.0 Å². The van der Waals surface area contributed by atoms with Crippen molar-refractivity contribution in [2.45, 2.75) is 25.6 Å². The van der Waals surface area contributed by atoms with E-state index in [1.165, 1.54) is 0 Å². The lowest BCUT2D eigenvalue weighted by atomic mass is 9.97. The van der Waals surface area contributed by atoms with Gasteiger partial charge in [-0.1, -0.05) is 12.1 Å². The summed E-state index contributed by atoms with van der Waals surface area (Å²) in [5, 5.41) is 6.92. The number of hydrogen-bond acceptors (Lipinski definition) is 7. The second kappa shape index (κ2) is 7.58. The van der Waals surface area contributed by atoms with Gasteiger partial charge >= 0.3 is 0 Å². The van der Waals surface area contributed by atoms with E-state index < -0.39 is 6.23 Å². The first-order valence-corrected chi connectivity index (χ1v) is 10.1. The molecule has 0 amide bonds. The normalized spacial score (nSPS) is 19.2. The number of fused-ring (bicyclic) bond motifs is 3. The molecule has 160 valence electrons. The molecular weight excluding hydrogens is 396 g/mol. The molecule has 0 bridgehead atoms. The van der Waals surface area contributed by atoms with E-state index in [0.29, 0.717) is 23.7 Å². The van der Waals surface area contributed by atoms with Crippen LogP contribution in [0.2, 0.25) is 0 Å². The highest BCUT2D eigenvalue weighted by molar-refractivity contribution is 5.99. The van der Waals surface area contributed by atoms with E-state index in [9.17, 15) is 0 Å². The zero-order valence-corrected chi connectivity index (χ0v) is 17.9. The number of furan rings is 1. The summed E-state index contributed by atoms with van der Waals surface area (Å²) in [5.41, 5.74) is 2.83. The molecule has 31 heavy (non-hydrogen) atoms. The second-order valence-corrected chi connectivity index (χ2v) is 7.52. The number of hydrogen-bond donors (Lipinski definition) is 0. The van der Waals surface area contributed by atoms with Gasteiger partial charge in [0.2, 0.25) is 6.23 Å². The first kappa shape index (κ1) is 19.4. The predicted molar refractivity (Wildman–Crippen MR) is 115 cm³/mol. The van der Waals surface area contributed by atoms with E-state index in [1.54, 1.807) is 21.3 Å². The summed E-state index contributed by atoms with van der Waals surface area (Å²) in [5.74, 6) is 4.37. The zero-order chi connectivity index (χ0) is 21.5. The van der Waals surface area contributed by atoms with Crippen LogP contribution in [0.15, 0.2) is 58.0 Å². The maximum atomic E-state index is 6.48. The van der Waals surface area contributed by atoms with Gasteiger partial charge in [-0.2, -0.15) is 5.10 Å². The van der Waals surface area contributed by atoms with Gasteiger partial charge in [-0.25, -0.2) is 5.01 Å². The van der Waals surface area contributed by atoms with Gasteiger partial charge in [-0.15, -0.1) is 0 Å². The smallest absolute Gasteiger partial charge is 0.214 e. The molecular formula is C24H24N2O5. The number of nitrogens with zero attached hydrogens (tertiary/aromatic N) is 2. The third kappa shape index (κ3) is 3.17. The SMILES string of the molecule is COc1ccc([C@H]2Oc3c(OC)cccc3[C@H]3CC(c4ccc(C)o4)=NN32)cc1OC. The average molecular weight is 420 g/mol. The summed E-state index contributed by atoms with van der Waals surface area (Å²) in [4.78, 5) is 0. The molecule has 0 unspecified atom stereocenters. The van der Waals surface area contributed by atoms with Crippen LogP contribution in [-0.2, 0) is 0 Å². The molecule has 3 aromatic rings. The van der Waals surface area contributed by atoms with Crippen molar-refractivity contribution in [2.24, 2.45) is 5.10 Å². The molecule has 0 spiro atoms. The Balaban J connectivity index is 1.62. The highest BCUT2D eigenvalue weighted by atomic mass is 16.5. The Morgan fingerprint density at radius 1 is 0.935 bits per heavy atom. The number of hydrazone groups is 1. The quantitative estimate of drug-likeness (QED) is 0.588. The molecule has 2 aromatic carbocycles. The van der Waals surface area contributed by atoms with E-state index >= 15 is 0 Å².